The van der Waals surface area contributed by atoms with Gasteiger partial charge in [-0.3, -0.25) is 0 Å². The van der Waals surface area contributed by atoms with Crippen LogP contribution in [0, 0.1) is 0 Å². The van der Waals surface area contributed by atoms with E-state index in [1.54, 1.807) is 0 Å². The van der Waals surface area contributed by atoms with Crippen molar-refractivity contribution in [3.63, 3.8) is 0 Å². The van der Waals surface area contributed by atoms with Crippen LogP contribution in [0.15, 0.2) is 146 Å². The summed E-state index contributed by atoms with van der Waals surface area (Å²) in [5, 5.41) is 0. The second kappa shape index (κ2) is 5.86. The van der Waals surface area contributed by atoms with Crippen LogP contribution in [0.2, 0.25) is 0 Å². The van der Waals surface area contributed by atoms with E-state index in [-0.39, 0.29) is 0 Å². The molecule has 0 saturated carbocycles. The zero-order valence-corrected chi connectivity index (χ0v) is 20.9. The molecule has 3 aliphatic rings. The Morgan fingerprint density at radius 2 is 0.459 bits per heavy atom. The number of nitrogens with zero attached hydrogens (tertiary/aromatic N) is 6. The Morgan fingerprint density at radius 3 is 0.649 bits per heavy atom. The Balaban J connectivity index is 1.81. The SMILES string of the molecule is c1cc[n+]2c(c1)-c1cccc[n+]1[Co]213([n+]2ccccc2-c2cccc[n+]21)[n+]1ccccc1-c1cccc[n+]13. The van der Waals surface area contributed by atoms with Crippen molar-refractivity contribution in [3.05, 3.63) is 146 Å². The number of fused-ring (bicyclic) bond motifs is 9. The molecule has 0 atom stereocenters. The van der Waals surface area contributed by atoms with Gasteiger partial charge in [0.25, 0.3) is 0 Å². The van der Waals surface area contributed by atoms with Crippen LogP contribution in [0.4, 0.5) is 0 Å². The molecule has 3 aliphatic heterocycles. The quantitative estimate of drug-likeness (QED) is 0.287. The fourth-order valence-corrected chi connectivity index (χ4v) is 17.3. The Morgan fingerprint density at radius 1 is 0.270 bits per heavy atom. The predicted molar refractivity (Wildman–Crippen MR) is 129 cm³/mol. The second-order valence-corrected chi connectivity index (χ2v) is 15.4. The maximum absolute atomic E-state index is 4.81. The molecule has 37 heavy (non-hydrogen) atoms. The third-order valence-corrected chi connectivity index (χ3v) is 16.9. The first-order valence-electron chi connectivity index (χ1n) is 12.3. The standard InChI is InChI=1S/3C10H8N2.Co/c3*1-3-7-11-9(5-1)10-6-2-4-8-12-10;/h3*1-8H;/q;;;+6. The van der Waals surface area contributed by atoms with Crippen LogP contribution in [0.25, 0.3) is 34.2 Å². The van der Waals surface area contributed by atoms with Crippen LogP contribution >= 0.6 is 0 Å². The molecule has 0 unspecified atom stereocenters. The minimum atomic E-state index is -4.81. The van der Waals surface area contributed by atoms with Crippen LogP contribution in [-0.4, -0.2) is 0 Å². The van der Waals surface area contributed by atoms with Gasteiger partial charge in [0, 0.05) is 0 Å². The molecule has 0 radical (unpaired) electrons. The van der Waals surface area contributed by atoms with E-state index in [1.165, 1.54) is 0 Å². The minimum absolute atomic E-state index is 1.16. The van der Waals surface area contributed by atoms with Crippen LogP contribution in [0.5, 0.6) is 0 Å². The summed E-state index contributed by atoms with van der Waals surface area (Å²) in [6.45, 7) is 0. The van der Waals surface area contributed by atoms with Gasteiger partial charge >= 0.3 is 214 Å². The molecule has 6 nitrogen and oxygen atoms in total. The fourth-order valence-electron chi connectivity index (χ4n) is 6.54. The van der Waals surface area contributed by atoms with Crippen molar-refractivity contribution in [3.8, 4) is 34.2 Å². The van der Waals surface area contributed by atoms with Gasteiger partial charge in [-0.1, -0.05) is 0 Å². The molecule has 9 heterocycles. The van der Waals surface area contributed by atoms with Gasteiger partial charge in [0.05, 0.1) is 0 Å². The van der Waals surface area contributed by atoms with Gasteiger partial charge in [0.1, 0.15) is 0 Å². The number of pyridine rings is 6. The van der Waals surface area contributed by atoms with Crippen LogP contribution in [0.1, 0.15) is 0 Å². The van der Waals surface area contributed by atoms with E-state index < -0.39 is 11.8 Å². The number of rotatable bonds is 0. The van der Waals surface area contributed by atoms with Crippen LogP contribution in [-0.2, 0) is 11.8 Å². The summed E-state index contributed by atoms with van der Waals surface area (Å²) >= 11 is -4.81. The summed E-state index contributed by atoms with van der Waals surface area (Å²) in [6, 6.07) is 39.3. The van der Waals surface area contributed by atoms with Crippen molar-refractivity contribution >= 4 is 0 Å². The zero-order chi connectivity index (χ0) is 24.3. The van der Waals surface area contributed by atoms with Gasteiger partial charge in [0.15, 0.2) is 0 Å². The first-order chi connectivity index (χ1) is 18.3. The Hall–Kier alpha value is -4.59. The normalized spacial score (nSPS) is 18.8. The fraction of sp³-hybridized carbons (Fsp3) is 0. The van der Waals surface area contributed by atoms with Crippen molar-refractivity contribution in [2.75, 3.05) is 0 Å². The van der Waals surface area contributed by atoms with E-state index in [1.807, 2.05) is 0 Å². The molecule has 0 aromatic carbocycles. The average molecular weight is 527 g/mol. The Bertz CT molecular complexity index is 1630. The molecule has 9 rings (SSSR count). The third-order valence-electron chi connectivity index (χ3n) is 7.71. The van der Waals surface area contributed by atoms with Crippen molar-refractivity contribution in [1.29, 1.82) is 0 Å². The molecule has 0 saturated heterocycles. The molecule has 0 bridgehead atoms. The molecule has 6 aromatic rings. The predicted octanol–water partition coefficient (Wildman–Crippen LogP) is 1.66. The second-order valence-electron chi connectivity index (χ2n) is 9.25. The Labute approximate surface area is 213 Å². The van der Waals surface area contributed by atoms with Crippen molar-refractivity contribution < 1.29 is 33.5 Å². The van der Waals surface area contributed by atoms with E-state index in [0.29, 0.717) is 0 Å². The van der Waals surface area contributed by atoms with Gasteiger partial charge in [0.2, 0.25) is 0 Å². The monoisotopic (exact) mass is 527 g/mol. The average Bonchev–Trinajstić information content (AvgIpc) is 3.50. The summed E-state index contributed by atoms with van der Waals surface area (Å²) in [5.41, 5.74) is 6.98. The molecule has 6 aromatic heterocycles. The summed E-state index contributed by atoms with van der Waals surface area (Å²) in [6.07, 6.45) is 13.6. The molecule has 177 valence electrons. The first kappa shape index (κ1) is 19.6. The van der Waals surface area contributed by atoms with Gasteiger partial charge in [-0.25, -0.2) is 0 Å². The summed E-state index contributed by atoms with van der Waals surface area (Å²) in [5.74, 6) is 0. The molecule has 0 amide bonds. The topological polar surface area (TPSA) is 23.3 Å². The first-order valence-corrected chi connectivity index (χ1v) is 15.1. The van der Waals surface area contributed by atoms with Gasteiger partial charge in [-0.15, -0.1) is 0 Å². The zero-order valence-electron chi connectivity index (χ0n) is 19.9. The number of hydrogen-bond acceptors (Lipinski definition) is 0. The summed E-state index contributed by atoms with van der Waals surface area (Å²) in [7, 11) is 0. The van der Waals surface area contributed by atoms with Crippen molar-refractivity contribution in [2.45, 2.75) is 0 Å². The molecular formula is C30H24CoN6+6. The van der Waals surface area contributed by atoms with Crippen molar-refractivity contribution in [2.24, 2.45) is 0 Å². The number of aromatic nitrogens is 6. The van der Waals surface area contributed by atoms with E-state index >= 15 is 0 Å². The van der Waals surface area contributed by atoms with Crippen LogP contribution in [0.3, 0.4) is 0 Å². The van der Waals surface area contributed by atoms with E-state index in [0.717, 1.165) is 34.2 Å². The van der Waals surface area contributed by atoms with Gasteiger partial charge in [-0.2, -0.15) is 0 Å². The van der Waals surface area contributed by atoms with E-state index in [9.17, 15) is 0 Å². The molecular weight excluding hydrogens is 503 g/mol. The van der Waals surface area contributed by atoms with Crippen LogP contribution < -0.4 is 21.7 Å². The molecule has 1 spiro atoms. The van der Waals surface area contributed by atoms with Gasteiger partial charge < -0.3 is 0 Å². The Kier molecular flexibility index (Phi) is 3.10. The molecule has 7 heteroatoms. The van der Waals surface area contributed by atoms with E-state index in [2.05, 4.69) is 168 Å². The van der Waals surface area contributed by atoms with E-state index in [4.69, 9.17) is 0 Å². The third kappa shape index (κ3) is 1.53. The molecule has 0 aliphatic carbocycles. The summed E-state index contributed by atoms with van der Waals surface area (Å²) < 4.78 is 15.4. The molecule has 0 N–H and O–H groups in total. The molecule has 0 fully saturated rings. The number of hydrogen-bond donors (Lipinski definition) is 0. The van der Waals surface area contributed by atoms with Crippen molar-refractivity contribution in [1.82, 2.24) is 0 Å². The van der Waals surface area contributed by atoms with Gasteiger partial charge in [-0.05, 0) is 0 Å². The maximum atomic E-state index is 2.57. The summed E-state index contributed by atoms with van der Waals surface area (Å²) in [4.78, 5) is 0.